The Morgan fingerprint density at radius 2 is 1.72 bits per heavy atom. The van der Waals surface area contributed by atoms with Gasteiger partial charge in [-0.25, -0.2) is 4.98 Å². The molecule has 0 bridgehead atoms. The molecule has 0 atom stereocenters. The highest BCUT2D eigenvalue weighted by atomic mass is 16.5. The number of fused-ring (bicyclic) bond motifs is 1. The molecule has 0 fully saturated rings. The van der Waals surface area contributed by atoms with E-state index in [0.717, 1.165) is 27.9 Å². The summed E-state index contributed by atoms with van der Waals surface area (Å²) in [7, 11) is 3.23. The van der Waals surface area contributed by atoms with Crippen LogP contribution in [0.25, 0.3) is 28.2 Å². The minimum absolute atomic E-state index is 0.559. The molecular weight excluding hydrogens is 316 g/mol. The lowest BCUT2D eigenvalue weighted by Crippen LogP contribution is -1.91. The van der Waals surface area contributed by atoms with Crippen LogP contribution in [-0.2, 0) is 0 Å². The summed E-state index contributed by atoms with van der Waals surface area (Å²) >= 11 is 0. The molecule has 4 rings (SSSR count). The number of hydrogen-bond acceptors (Lipinski definition) is 4. The first-order valence-electron chi connectivity index (χ1n) is 7.96. The van der Waals surface area contributed by atoms with Crippen LogP contribution in [-0.4, -0.2) is 23.8 Å². The van der Waals surface area contributed by atoms with Crippen molar-refractivity contribution in [2.75, 3.05) is 14.2 Å². The Morgan fingerprint density at radius 3 is 2.44 bits per heavy atom. The topological polar surface area (TPSA) is 49.4 Å². The lowest BCUT2D eigenvalue weighted by Gasteiger charge is -2.07. The Bertz CT molecular complexity index is 1030. The van der Waals surface area contributed by atoms with E-state index >= 15 is 0 Å². The smallest absolute Gasteiger partial charge is 0.227 e. The summed E-state index contributed by atoms with van der Waals surface area (Å²) in [5.74, 6) is 1.88. The highest BCUT2D eigenvalue weighted by Crippen LogP contribution is 2.34. The fraction of sp³-hybridized carbons (Fsp3) is 0.150. The number of nitrogens with zero attached hydrogens (tertiary/aromatic N) is 2. The lowest BCUT2D eigenvalue weighted by molar-refractivity contribution is 0.355. The minimum atomic E-state index is 0.559. The average molecular weight is 334 g/mol. The summed E-state index contributed by atoms with van der Waals surface area (Å²) in [4.78, 5) is 4.67. The Labute approximate surface area is 145 Å². The Kier molecular flexibility index (Phi) is 3.69. The molecular formula is C20H18N2O3. The molecule has 0 aliphatic rings. The maximum atomic E-state index is 6.01. The van der Waals surface area contributed by atoms with E-state index in [1.807, 2.05) is 55.7 Å². The van der Waals surface area contributed by atoms with Gasteiger partial charge in [0.25, 0.3) is 0 Å². The highest BCUT2D eigenvalue weighted by molar-refractivity contribution is 5.82. The van der Waals surface area contributed by atoms with Gasteiger partial charge >= 0.3 is 0 Å². The minimum Gasteiger partial charge on any atom is -0.493 e. The van der Waals surface area contributed by atoms with Crippen LogP contribution in [0.15, 0.2) is 59.3 Å². The lowest BCUT2D eigenvalue weighted by atomic mass is 10.2. The fourth-order valence-electron chi connectivity index (χ4n) is 2.93. The summed E-state index contributed by atoms with van der Waals surface area (Å²) < 4.78 is 18.7. The van der Waals surface area contributed by atoms with Gasteiger partial charge in [0.05, 0.1) is 14.2 Å². The second kappa shape index (κ2) is 6.02. The molecule has 0 aliphatic carbocycles. The van der Waals surface area contributed by atoms with E-state index in [9.17, 15) is 0 Å². The molecule has 0 radical (unpaired) electrons. The molecule has 0 saturated heterocycles. The second-order valence-electron chi connectivity index (χ2n) is 5.79. The monoisotopic (exact) mass is 334 g/mol. The number of benzene rings is 2. The van der Waals surface area contributed by atoms with E-state index in [2.05, 4.69) is 15.6 Å². The molecule has 5 heteroatoms. The Balaban J connectivity index is 1.83. The molecule has 0 aliphatic heterocycles. The zero-order chi connectivity index (χ0) is 17.4. The molecule has 0 unspecified atom stereocenters. The molecule has 0 spiro atoms. The van der Waals surface area contributed by atoms with E-state index in [4.69, 9.17) is 13.9 Å². The molecule has 4 aromatic rings. The first-order valence-corrected chi connectivity index (χ1v) is 7.96. The van der Waals surface area contributed by atoms with Gasteiger partial charge in [-0.2, -0.15) is 0 Å². The van der Waals surface area contributed by atoms with Gasteiger partial charge in [-0.1, -0.05) is 0 Å². The number of methoxy groups -OCH3 is 2. The SMILES string of the molecule is COc1ccc(-c2nc3cc(-n4cccc4)cc(C)c3o2)cc1OC. The van der Waals surface area contributed by atoms with Crippen molar-refractivity contribution >= 4 is 11.1 Å². The summed E-state index contributed by atoms with van der Waals surface area (Å²) in [6, 6.07) is 13.7. The Morgan fingerprint density at radius 1 is 0.960 bits per heavy atom. The zero-order valence-electron chi connectivity index (χ0n) is 14.3. The summed E-state index contributed by atoms with van der Waals surface area (Å²) in [5, 5.41) is 0. The van der Waals surface area contributed by atoms with Crippen LogP contribution in [0.3, 0.4) is 0 Å². The van der Waals surface area contributed by atoms with Crippen molar-refractivity contribution in [1.82, 2.24) is 9.55 Å². The molecule has 2 heterocycles. The van der Waals surface area contributed by atoms with Crippen LogP contribution in [0.1, 0.15) is 5.56 Å². The number of aromatic nitrogens is 2. The second-order valence-corrected chi connectivity index (χ2v) is 5.79. The first-order chi connectivity index (χ1) is 12.2. The van der Waals surface area contributed by atoms with Gasteiger partial charge in [-0.15, -0.1) is 0 Å². The van der Waals surface area contributed by atoms with E-state index in [-0.39, 0.29) is 0 Å². The predicted octanol–water partition coefficient (Wildman–Crippen LogP) is 4.61. The Hall–Kier alpha value is -3.21. The molecule has 5 nitrogen and oxygen atoms in total. The third-order valence-corrected chi connectivity index (χ3v) is 4.19. The molecule has 25 heavy (non-hydrogen) atoms. The van der Waals surface area contributed by atoms with E-state index < -0.39 is 0 Å². The summed E-state index contributed by atoms with van der Waals surface area (Å²) in [5.41, 5.74) is 4.56. The molecule has 0 saturated carbocycles. The van der Waals surface area contributed by atoms with Gasteiger partial charge in [0, 0.05) is 23.6 Å². The number of hydrogen-bond donors (Lipinski definition) is 0. The predicted molar refractivity (Wildman–Crippen MR) is 96.6 cm³/mol. The third-order valence-electron chi connectivity index (χ3n) is 4.19. The normalized spacial score (nSPS) is 11.0. The van der Waals surface area contributed by atoms with Gasteiger partial charge in [-0.3, -0.25) is 0 Å². The van der Waals surface area contributed by atoms with Crippen LogP contribution < -0.4 is 9.47 Å². The zero-order valence-corrected chi connectivity index (χ0v) is 14.3. The van der Waals surface area contributed by atoms with Crippen LogP contribution in [0.4, 0.5) is 0 Å². The maximum Gasteiger partial charge on any atom is 0.227 e. The number of aryl methyl sites for hydroxylation is 1. The van der Waals surface area contributed by atoms with Crippen LogP contribution in [0.2, 0.25) is 0 Å². The van der Waals surface area contributed by atoms with Crippen molar-refractivity contribution in [3.8, 4) is 28.6 Å². The molecule has 2 aromatic heterocycles. The average Bonchev–Trinajstić information content (AvgIpc) is 3.30. The van der Waals surface area contributed by atoms with Gasteiger partial charge in [0.1, 0.15) is 5.52 Å². The van der Waals surface area contributed by atoms with Gasteiger partial charge in [0.15, 0.2) is 17.1 Å². The summed E-state index contributed by atoms with van der Waals surface area (Å²) in [6.07, 6.45) is 4.02. The number of ether oxygens (including phenoxy) is 2. The molecule has 0 amide bonds. The van der Waals surface area contributed by atoms with Crippen LogP contribution in [0, 0.1) is 6.92 Å². The van der Waals surface area contributed by atoms with Crippen molar-refractivity contribution in [2.45, 2.75) is 6.92 Å². The number of rotatable bonds is 4. The van der Waals surface area contributed by atoms with E-state index in [0.29, 0.717) is 17.4 Å². The highest BCUT2D eigenvalue weighted by Gasteiger charge is 2.14. The molecule has 126 valence electrons. The van der Waals surface area contributed by atoms with Crippen molar-refractivity contribution < 1.29 is 13.9 Å². The standard InChI is InChI=1S/C20H18N2O3/c1-13-10-15(22-8-4-5-9-22)12-16-19(13)25-20(21-16)14-6-7-17(23-2)18(11-14)24-3/h4-12H,1-3H3. The first kappa shape index (κ1) is 15.3. The molecule has 2 aromatic carbocycles. The van der Waals surface area contributed by atoms with Crippen molar-refractivity contribution in [3.05, 3.63) is 60.4 Å². The van der Waals surface area contributed by atoms with Gasteiger partial charge < -0.3 is 18.5 Å². The number of oxazole rings is 1. The van der Waals surface area contributed by atoms with Crippen molar-refractivity contribution in [3.63, 3.8) is 0 Å². The largest absolute Gasteiger partial charge is 0.493 e. The quantitative estimate of drug-likeness (QED) is 0.547. The van der Waals surface area contributed by atoms with Crippen LogP contribution >= 0.6 is 0 Å². The fourth-order valence-corrected chi connectivity index (χ4v) is 2.93. The van der Waals surface area contributed by atoms with E-state index in [1.54, 1.807) is 14.2 Å². The third kappa shape index (κ3) is 2.63. The van der Waals surface area contributed by atoms with Crippen molar-refractivity contribution in [1.29, 1.82) is 0 Å². The van der Waals surface area contributed by atoms with Crippen LogP contribution in [0.5, 0.6) is 11.5 Å². The van der Waals surface area contributed by atoms with Gasteiger partial charge in [-0.05, 0) is 55.0 Å². The van der Waals surface area contributed by atoms with E-state index in [1.165, 1.54) is 0 Å². The maximum absolute atomic E-state index is 6.01. The van der Waals surface area contributed by atoms with Gasteiger partial charge in [0.2, 0.25) is 5.89 Å². The van der Waals surface area contributed by atoms with Crippen molar-refractivity contribution in [2.24, 2.45) is 0 Å². The summed E-state index contributed by atoms with van der Waals surface area (Å²) in [6.45, 7) is 2.03. The molecule has 0 N–H and O–H groups in total.